The molecule has 14 heavy (non-hydrogen) atoms. The lowest BCUT2D eigenvalue weighted by atomic mass is 10.1. The first-order chi connectivity index (χ1) is 6.76. The largest absolute Gasteiger partial charge is 0.313 e. The Morgan fingerprint density at radius 3 is 2.86 bits per heavy atom. The molecule has 2 unspecified atom stereocenters. The molecule has 1 N–H and O–H groups in total. The molecule has 0 aromatic heterocycles. The van der Waals surface area contributed by atoms with Crippen LogP contribution in [0.4, 0.5) is 0 Å². The summed E-state index contributed by atoms with van der Waals surface area (Å²) in [4.78, 5) is 2.61. The summed E-state index contributed by atoms with van der Waals surface area (Å²) in [5.41, 5.74) is 0. The molecule has 84 valence electrons. The van der Waals surface area contributed by atoms with Gasteiger partial charge in [0.2, 0.25) is 0 Å². The van der Waals surface area contributed by atoms with Gasteiger partial charge in [-0.1, -0.05) is 27.2 Å². The van der Waals surface area contributed by atoms with Gasteiger partial charge in [-0.25, -0.2) is 0 Å². The highest BCUT2D eigenvalue weighted by Gasteiger charge is 2.22. The fourth-order valence-corrected chi connectivity index (χ4v) is 2.08. The molecular formula is C12H26N2. The zero-order valence-corrected chi connectivity index (χ0v) is 10.1. The van der Waals surface area contributed by atoms with Crippen molar-refractivity contribution in [2.45, 2.75) is 46.1 Å². The second-order valence-corrected chi connectivity index (χ2v) is 4.71. The molecule has 0 radical (unpaired) electrons. The summed E-state index contributed by atoms with van der Waals surface area (Å²) in [6, 6.07) is 0.763. The van der Waals surface area contributed by atoms with E-state index in [2.05, 4.69) is 31.0 Å². The summed E-state index contributed by atoms with van der Waals surface area (Å²) >= 11 is 0. The molecule has 0 spiro atoms. The van der Waals surface area contributed by atoms with Crippen molar-refractivity contribution in [1.29, 1.82) is 0 Å². The van der Waals surface area contributed by atoms with Crippen LogP contribution in [0.3, 0.4) is 0 Å². The minimum absolute atomic E-state index is 0.763. The molecule has 0 aliphatic carbocycles. The van der Waals surface area contributed by atoms with Gasteiger partial charge in [0, 0.05) is 19.1 Å². The Kier molecular flexibility index (Phi) is 5.49. The lowest BCUT2D eigenvalue weighted by molar-refractivity contribution is 0.277. The second-order valence-electron chi connectivity index (χ2n) is 4.71. The smallest absolute Gasteiger partial charge is 0.0207 e. The number of nitrogens with one attached hydrogen (secondary N) is 1. The van der Waals surface area contributed by atoms with Gasteiger partial charge >= 0.3 is 0 Å². The summed E-state index contributed by atoms with van der Waals surface area (Å²) in [5, 5.41) is 3.61. The van der Waals surface area contributed by atoms with Crippen LogP contribution < -0.4 is 5.32 Å². The molecule has 2 heteroatoms. The van der Waals surface area contributed by atoms with Crippen molar-refractivity contribution in [3.63, 3.8) is 0 Å². The third kappa shape index (κ3) is 3.97. The van der Waals surface area contributed by atoms with E-state index in [0.29, 0.717) is 0 Å². The Morgan fingerprint density at radius 1 is 1.43 bits per heavy atom. The third-order valence-electron chi connectivity index (χ3n) is 3.22. The van der Waals surface area contributed by atoms with Crippen LogP contribution in [-0.4, -0.2) is 37.1 Å². The number of hydrogen-bond acceptors (Lipinski definition) is 2. The maximum absolute atomic E-state index is 3.61. The van der Waals surface area contributed by atoms with Crippen molar-refractivity contribution in [1.82, 2.24) is 10.2 Å². The summed E-state index contributed by atoms with van der Waals surface area (Å²) in [6.07, 6.45) is 3.90. The average Bonchev–Trinajstić information content (AvgIpc) is 2.62. The van der Waals surface area contributed by atoms with Crippen molar-refractivity contribution in [2.75, 3.05) is 26.2 Å². The highest BCUT2D eigenvalue weighted by molar-refractivity contribution is 4.81. The van der Waals surface area contributed by atoms with E-state index in [0.717, 1.165) is 12.0 Å². The molecule has 0 bridgehead atoms. The van der Waals surface area contributed by atoms with Gasteiger partial charge in [-0.2, -0.15) is 0 Å². The van der Waals surface area contributed by atoms with E-state index in [1.807, 2.05) is 0 Å². The molecule has 2 nitrogen and oxygen atoms in total. The molecule has 1 saturated heterocycles. The van der Waals surface area contributed by atoms with Gasteiger partial charge in [0.1, 0.15) is 0 Å². The highest BCUT2D eigenvalue weighted by atomic mass is 15.2. The van der Waals surface area contributed by atoms with Crippen LogP contribution in [-0.2, 0) is 0 Å². The minimum atomic E-state index is 0.763. The predicted molar refractivity (Wildman–Crippen MR) is 62.6 cm³/mol. The van der Waals surface area contributed by atoms with Gasteiger partial charge < -0.3 is 10.2 Å². The van der Waals surface area contributed by atoms with Crippen molar-refractivity contribution < 1.29 is 0 Å². The Bertz CT molecular complexity index is 147. The van der Waals surface area contributed by atoms with E-state index < -0.39 is 0 Å². The van der Waals surface area contributed by atoms with Gasteiger partial charge in [0.05, 0.1) is 0 Å². The first-order valence-electron chi connectivity index (χ1n) is 6.22. The number of hydrogen-bond donors (Lipinski definition) is 1. The SMILES string of the molecule is CCCNC1CCN(CC(C)CC)C1. The van der Waals surface area contributed by atoms with E-state index in [1.165, 1.54) is 45.4 Å². The van der Waals surface area contributed by atoms with Gasteiger partial charge in [-0.15, -0.1) is 0 Å². The fraction of sp³-hybridized carbons (Fsp3) is 1.00. The van der Waals surface area contributed by atoms with Crippen molar-refractivity contribution >= 4 is 0 Å². The van der Waals surface area contributed by atoms with Crippen LogP contribution in [0.25, 0.3) is 0 Å². The maximum atomic E-state index is 3.61. The predicted octanol–water partition coefficient (Wildman–Crippen LogP) is 2.11. The molecule has 2 atom stereocenters. The van der Waals surface area contributed by atoms with Crippen molar-refractivity contribution in [3.8, 4) is 0 Å². The van der Waals surface area contributed by atoms with Gasteiger partial charge in [0.25, 0.3) is 0 Å². The fourth-order valence-electron chi connectivity index (χ4n) is 2.08. The summed E-state index contributed by atoms with van der Waals surface area (Å²) in [7, 11) is 0. The zero-order valence-electron chi connectivity index (χ0n) is 10.1. The van der Waals surface area contributed by atoms with Crippen LogP contribution >= 0.6 is 0 Å². The number of nitrogens with zero attached hydrogens (tertiary/aromatic N) is 1. The van der Waals surface area contributed by atoms with Gasteiger partial charge in [-0.05, 0) is 31.8 Å². The quantitative estimate of drug-likeness (QED) is 0.703. The molecule has 0 aromatic carbocycles. The van der Waals surface area contributed by atoms with Gasteiger partial charge in [0.15, 0.2) is 0 Å². The highest BCUT2D eigenvalue weighted by Crippen LogP contribution is 2.12. The van der Waals surface area contributed by atoms with Crippen LogP contribution in [0.1, 0.15) is 40.0 Å². The van der Waals surface area contributed by atoms with E-state index in [1.54, 1.807) is 0 Å². The van der Waals surface area contributed by atoms with Crippen molar-refractivity contribution in [2.24, 2.45) is 5.92 Å². The molecule has 0 amide bonds. The average molecular weight is 198 g/mol. The standard InChI is InChI=1S/C12H26N2/c1-4-7-13-12-6-8-14(10-12)9-11(3)5-2/h11-13H,4-10H2,1-3H3. The van der Waals surface area contributed by atoms with Crippen LogP contribution in [0, 0.1) is 5.92 Å². The maximum Gasteiger partial charge on any atom is 0.0207 e. The Labute approximate surface area is 89.1 Å². The number of rotatable bonds is 6. The van der Waals surface area contributed by atoms with Crippen LogP contribution in [0.5, 0.6) is 0 Å². The van der Waals surface area contributed by atoms with Crippen LogP contribution in [0.2, 0.25) is 0 Å². The second kappa shape index (κ2) is 6.41. The van der Waals surface area contributed by atoms with E-state index in [-0.39, 0.29) is 0 Å². The normalized spacial score (nSPS) is 25.5. The molecular weight excluding hydrogens is 172 g/mol. The first kappa shape index (κ1) is 12.0. The lowest BCUT2D eigenvalue weighted by Crippen LogP contribution is -2.34. The summed E-state index contributed by atoms with van der Waals surface area (Å²) in [6.45, 7) is 11.9. The van der Waals surface area contributed by atoms with E-state index in [9.17, 15) is 0 Å². The Morgan fingerprint density at radius 2 is 2.21 bits per heavy atom. The molecule has 0 aromatic rings. The monoisotopic (exact) mass is 198 g/mol. The van der Waals surface area contributed by atoms with Gasteiger partial charge in [-0.3, -0.25) is 0 Å². The first-order valence-corrected chi connectivity index (χ1v) is 6.22. The molecule has 1 fully saturated rings. The molecule has 1 heterocycles. The third-order valence-corrected chi connectivity index (χ3v) is 3.22. The minimum Gasteiger partial charge on any atom is -0.313 e. The molecule has 1 rings (SSSR count). The Hall–Kier alpha value is -0.0800. The van der Waals surface area contributed by atoms with E-state index in [4.69, 9.17) is 0 Å². The number of likely N-dealkylation sites (tertiary alicyclic amines) is 1. The topological polar surface area (TPSA) is 15.3 Å². The Balaban J connectivity index is 2.13. The summed E-state index contributed by atoms with van der Waals surface area (Å²) < 4.78 is 0. The molecule has 1 aliphatic heterocycles. The van der Waals surface area contributed by atoms with Crippen molar-refractivity contribution in [3.05, 3.63) is 0 Å². The molecule has 1 aliphatic rings. The van der Waals surface area contributed by atoms with Crippen LogP contribution in [0.15, 0.2) is 0 Å². The lowest BCUT2D eigenvalue weighted by Gasteiger charge is -2.20. The molecule has 0 saturated carbocycles. The zero-order chi connectivity index (χ0) is 10.4. The summed E-state index contributed by atoms with van der Waals surface area (Å²) in [5.74, 6) is 0.861. The van der Waals surface area contributed by atoms with E-state index >= 15 is 0 Å².